The zero-order valence-electron chi connectivity index (χ0n) is 9.53. The summed E-state index contributed by atoms with van der Waals surface area (Å²) in [5.74, 6) is 0. The second-order valence-electron chi connectivity index (χ2n) is 3.08. The third-order valence-corrected chi connectivity index (χ3v) is 1.88. The van der Waals surface area contributed by atoms with Crippen LogP contribution in [0.4, 0.5) is 0 Å². The number of hydrogen-bond donors (Lipinski definition) is 0. The van der Waals surface area contributed by atoms with Gasteiger partial charge in [-0.1, -0.05) is 18.2 Å². The molecule has 0 rings (SSSR count). The fourth-order valence-electron chi connectivity index (χ4n) is 1.19. The van der Waals surface area contributed by atoms with Crippen molar-refractivity contribution in [2.45, 2.75) is 46.0 Å². The molecule has 0 aromatic heterocycles. The number of allylic oxidation sites excluding steroid dienone is 2. The highest BCUT2D eigenvalue weighted by Gasteiger charge is 2.08. The molecule has 2 unspecified atom stereocenters. The summed E-state index contributed by atoms with van der Waals surface area (Å²) in [6.45, 7) is 10.3. The molecule has 0 fully saturated rings. The Kier molecular flexibility index (Phi) is 8.59. The first kappa shape index (κ1) is 13.4. The van der Waals surface area contributed by atoms with Crippen LogP contribution in [0.1, 0.15) is 33.6 Å². The minimum absolute atomic E-state index is 0.0905. The molecule has 0 heterocycles. The summed E-state index contributed by atoms with van der Waals surface area (Å²) in [6.07, 6.45) is 7.94. The first-order valence-corrected chi connectivity index (χ1v) is 5.25. The van der Waals surface area contributed by atoms with Crippen molar-refractivity contribution in [3.05, 3.63) is 24.8 Å². The Labute approximate surface area is 87.6 Å². The van der Waals surface area contributed by atoms with Gasteiger partial charge in [0.15, 0.2) is 6.29 Å². The fraction of sp³-hybridized carbons (Fsp3) is 0.667. The van der Waals surface area contributed by atoms with Crippen LogP contribution in [0.25, 0.3) is 0 Å². The molecule has 0 aliphatic heterocycles. The van der Waals surface area contributed by atoms with Crippen LogP contribution in [-0.2, 0) is 9.47 Å². The molecule has 2 atom stereocenters. The largest absolute Gasteiger partial charge is 0.353 e. The van der Waals surface area contributed by atoms with Crippen LogP contribution in [0.2, 0.25) is 0 Å². The first-order valence-electron chi connectivity index (χ1n) is 5.25. The van der Waals surface area contributed by atoms with E-state index in [2.05, 4.69) is 12.7 Å². The average Bonchev–Trinajstić information content (AvgIpc) is 2.17. The molecule has 0 spiro atoms. The molecule has 2 nitrogen and oxygen atoms in total. The summed E-state index contributed by atoms with van der Waals surface area (Å²) in [6, 6.07) is 0. The molecule has 0 bridgehead atoms. The Hall–Kier alpha value is -0.600. The van der Waals surface area contributed by atoms with E-state index in [-0.39, 0.29) is 12.4 Å². The Balaban J connectivity index is 3.71. The Bertz CT molecular complexity index is 164. The molecular weight excluding hydrogens is 176 g/mol. The third-order valence-electron chi connectivity index (χ3n) is 1.88. The van der Waals surface area contributed by atoms with Gasteiger partial charge in [0.2, 0.25) is 0 Å². The van der Waals surface area contributed by atoms with E-state index in [9.17, 15) is 0 Å². The van der Waals surface area contributed by atoms with Gasteiger partial charge in [0.1, 0.15) is 0 Å². The van der Waals surface area contributed by atoms with Crippen molar-refractivity contribution in [1.29, 1.82) is 0 Å². The van der Waals surface area contributed by atoms with Crippen LogP contribution in [0.15, 0.2) is 24.8 Å². The predicted molar refractivity (Wildman–Crippen MR) is 60.2 cm³/mol. The fourth-order valence-corrected chi connectivity index (χ4v) is 1.19. The van der Waals surface area contributed by atoms with E-state index >= 15 is 0 Å². The summed E-state index contributed by atoms with van der Waals surface area (Å²) < 4.78 is 10.9. The molecule has 0 N–H and O–H groups in total. The SMILES string of the molecule is C=CC(CCC=CC)OC(C)OCC. The topological polar surface area (TPSA) is 18.5 Å². The summed E-state index contributed by atoms with van der Waals surface area (Å²) in [5, 5.41) is 0. The van der Waals surface area contributed by atoms with Gasteiger partial charge in [0, 0.05) is 6.61 Å². The molecule has 0 radical (unpaired) electrons. The van der Waals surface area contributed by atoms with Crippen molar-refractivity contribution in [3.63, 3.8) is 0 Å². The maximum absolute atomic E-state index is 5.61. The van der Waals surface area contributed by atoms with Crippen LogP contribution in [0, 0.1) is 0 Å². The minimum Gasteiger partial charge on any atom is -0.353 e. The first-order chi connectivity index (χ1) is 6.74. The van der Waals surface area contributed by atoms with Crippen LogP contribution < -0.4 is 0 Å². The van der Waals surface area contributed by atoms with E-state index in [0.29, 0.717) is 6.61 Å². The number of hydrogen-bond acceptors (Lipinski definition) is 2. The lowest BCUT2D eigenvalue weighted by atomic mass is 10.2. The Morgan fingerprint density at radius 3 is 2.64 bits per heavy atom. The van der Waals surface area contributed by atoms with Crippen molar-refractivity contribution < 1.29 is 9.47 Å². The quantitative estimate of drug-likeness (QED) is 0.440. The Morgan fingerprint density at radius 1 is 1.43 bits per heavy atom. The molecule has 0 aromatic rings. The Morgan fingerprint density at radius 2 is 2.14 bits per heavy atom. The second-order valence-corrected chi connectivity index (χ2v) is 3.08. The van der Waals surface area contributed by atoms with Gasteiger partial charge >= 0.3 is 0 Å². The number of ether oxygens (including phenoxy) is 2. The van der Waals surface area contributed by atoms with Crippen molar-refractivity contribution in [2.24, 2.45) is 0 Å². The van der Waals surface area contributed by atoms with Gasteiger partial charge in [0.25, 0.3) is 0 Å². The second kappa shape index (κ2) is 8.97. The van der Waals surface area contributed by atoms with E-state index in [1.54, 1.807) is 0 Å². The normalized spacial score (nSPS) is 15.6. The van der Waals surface area contributed by atoms with Gasteiger partial charge in [-0.15, -0.1) is 6.58 Å². The zero-order valence-corrected chi connectivity index (χ0v) is 9.53. The third kappa shape index (κ3) is 6.87. The van der Waals surface area contributed by atoms with E-state index in [1.807, 2.05) is 32.9 Å². The molecule has 14 heavy (non-hydrogen) atoms. The van der Waals surface area contributed by atoms with Crippen molar-refractivity contribution in [2.75, 3.05) is 6.61 Å². The predicted octanol–water partition coefficient (Wildman–Crippen LogP) is 3.30. The van der Waals surface area contributed by atoms with Crippen molar-refractivity contribution in [1.82, 2.24) is 0 Å². The summed E-state index contributed by atoms with van der Waals surface area (Å²) in [5.41, 5.74) is 0. The van der Waals surface area contributed by atoms with E-state index in [4.69, 9.17) is 9.47 Å². The lowest BCUT2D eigenvalue weighted by molar-refractivity contribution is -0.146. The van der Waals surface area contributed by atoms with Crippen molar-refractivity contribution >= 4 is 0 Å². The van der Waals surface area contributed by atoms with Crippen molar-refractivity contribution in [3.8, 4) is 0 Å². The van der Waals surface area contributed by atoms with E-state index in [0.717, 1.165) is 12.8 Å². The highest BCUT2D eigenvalue weighted by Crippen LogP contribution is 2.08. The zero-order chi connectivity index (χ0) is 10.8. The molecule has 2 heteroatoms. The molecule has 0 amide bonds. The van der Waals surface area contributed by atoms with Crippen LogP contribution in [0.5, 0.6) is 0 Å². The standard InChI is InChI=1S/C12H22O2/c1-5-8-9-10-12(6-2)14-11(4)13-7-3/h5-6,8,11-12H,2,7,9-10H2,1,3-4H3. The monoisotopic (exact) mass is 198 g/mol. The lowest BCUT2D eigenvalue weighted by Gasteiger charge is -2.18. The maximum Gasteiger partial charge on any atom is 0.155 e. The van der Waals surface area contributed by atoms with Gasteiger partial charge < -0.3 is 9.47 Å². The molecule has 0 saturated carbocycles. The summed E-state index contributed by atoms with van der Waals surface area (Å²) >= 11 is 0. The van der Waals surface area contributed by atoms with Crippen LogP contribution >= 0.6 is 0 Å². The van der Waals surface area contributed by atoms with E-state index in [1.165, 1.54) is 0 Å². The lowest BCUT2D eigenvalue weighted by Crippen LogP contribution is -2.20. The highest BCUT2D eigenvalue weighted by atomic mass is 16.7. The van der Waals surface area contributed by atoms with Gasteiger partial charge in [0.05, 0.1) is 6.10 Å². The minimum atomic E-state index is -0.145. The highest BCUT2D eigenvalue weighted by molar-refractivity contribution is 4.85. The molecule has 82 valence electrons. The maximum atomic E-state index is 5.61. The average molecular weight is 198 g/mol. The molecule has 0 aromatic carbocycles. The van der Waals surface area contributed by atoms with Gasteiger partial charge in [-0.25, -0.2) is 0 Å². The molecule has 0 aliphatic carbocycles. The molecular formula is C12H22O2. The number of rotatable bonds is 8. The van der Waals surface area contributed by atoms with Crippen LogP contribution in [-0.4, -0.2) is 19.0 Å². The smallest absolute Gasteiger partial charge is 0.155 e. The van der Waals surface area contributed by atoms with Gasteiger partial charge in [-0.2, -0.15) is 0 Å². The molecule has 0 aliphatic rings. The van der Waals surface area contributed by atoms with E-state index < -0.39 is 0 Å². The molecule has 0 saturated heterocycles. The van der Waals surface area contributed by atoms with Gasteiger partial charge in [-0.3, -0.25) is 0 Å². The summed E-state index contributed by atoms with van der Waals surface area (Å²) in [4.78, 5) is 0. The van der Waals surface area contributed by atoms with Gasteiger partial charge in [-0.05, 0) is 33.6 Å². The summed E-state index contributed by atoms with van der Waals surface area (Å²) in [7, 11) is 0. The van der Waals surface area contributed by atoms with Crippen LogP contribution in [0.3, 0.4) is 0 Å².